The third-order valence-corrected chi connectivity index (χ3v) is 10.0. The first-order valence-electron chi connectivity index (χ1n) is 10.6. The molecule has 1 aromatic carbocycles. The van der Waals surface area contributed by atoms with Crippen molar-refractivity contribution in [2.24, 2.45) is 11.3 Å². The number of likely N-dealkylation sites (N-methyl/N-ethyl adjacent to an activating group) is 1. The van der Waals surface area contributed by atoms with Crippen molar-refractivity contribution in [3.8, 4) is 11.5 Å². The Kier molecular flexibility index (Phi) is 2.49. The first-order chi connectivity index (χ1) is 13.4. The Balaban J connectivity index is 1.58. The SMILES string of the molecule is COc1ccc2c3c1OC1C4(OC)CC[C@]5(CC4C(C)=O)C4N(C)C4(C2)CC315. The van der Waals surface area contributed by atoms with E-state index in [1.54, 1.807) is 21.1 Å². The molecule has 0 N–H and O–H groups in total. The second-order valence-electron chi connectivity index (χ2n) is 10.3. The van der Waals surface area contributed by atoms with Crippen LogP contribution in [0.2, 0.25) is 0 Å². The fourth-order valence-electron chi connectivity index (χ4n) is 9.26. The number of rotatable bonds is 3. The second kappa shape index (κ2) is 4.29. The number of piperidine rings is 1. The van der Waals surface area contributed by atoms with Crippen LogP contribution in [-0.4, -0.2) is 55.2 Å². The number of Topliss-reactive ketones (excluding diaryl/α,β-unsaturated/α-hetero) is 1. The van der Waals surface area contributed by atoms with Crippen LogP contribution in [0.15, 0.2) is 12.1 Å². The van der Waals surface area contributed by atoms with Crippen molar-refractivity contribution in [2.75, 3.05) is 21.3 Å². The number of carbonyl (C=O) groups is 1. The highest BCUT2D eigenvalue weighted by molar-refractivity contribution is 5.82. The molecule has 3 spiro atoms. The molecule has 1 aromatic rings. The number of carbonyl (C=O) groups excluding carboxylic acids is 1. The number of fused-ring (bicyclic) bond motifs is 2. The average molecular weight is 381 g/mol. The van der Waals surface area contributed by atoms with Gasteiger partial charge in [0, 0.05) is 35.1 Å². The van der Waals surface area contributed by atoms with Crippen molar-refractivity contribution in [3.63, 3.8) is 0 Å². The van der Waals surface area contributed by atoms with E-state index in [4.69, 9.17) is 14.2 Å². The Morgan fingerprint density at radius 3 is 2.82 bits per heavy atom. The fourth-order valence-corrected chi connectivity index (χ4v) is 9.26. The van der Waals surface area contributed by atoms with E-state index < -0.39 is 5.60 Å². The molecule has 8 rings (SSSR count). The van der Waals surface area contributed by atoms with Crippen LogP contribution < -0.4 is 9.47 Å². The van der Waals surface area contributed by atoms with Gasteiger partial charge in [0.15, 0.2) is 11.5 Å². The summed E-state index contributed by atoms with van der Waals surface area (Å²) in [4.78, 5) is 15.5. The molecular formula is C23H27NO4. The first kappa shape index (κ1) is 16.2. The third-order valence-electron chi connectivity index (χ3n) is 10.0. The van der Waals surface area contributed by atoms with Gasteiger partial charge in [-0.05, 0) is 57.7 Å². The number of benzene rings is 1. The second-order valence-corrected chi connectivity index (χ2v) is 10.3. The Morgan fingerprint density at radius 1 is 1.29 bits per heavy atom. The quantitative estimate of drug-likeness (QED) is 0.753. The predicted octanol–water partition coefficient (Wildman–Crippen LogP) is 2.48. The normalized spacial score (nSPS) is 52.7. The number of likely N-dealkylation sites (tertiary alicyclic amines) is 1. The maximum Gasteiger partial charge on any atom is 0.165 e. The van der Waals surface area contributed by atoms with Gasteiger partial charge >= 0.3 is 0 Å². The summed E-state index contributed by atoms with van der Waals surface area (Å²) < 4.78 is 18.8. The van der Waals surface area contributed by atoms with Gasteiger partial charge in [0.2, 0.25) is 0 Å². The van der Waals surface area contributed by atoms with E-state index in [9.17, 15) is 4.79 Å². The van der Waals surface area contributed by atoms with Gasteiger partial charge in [0.25, 0.3) is 0 Å². The zero-order valence-electron chi connectivity index (χ0n) is 17.0. The molecule has 7 unspecified atom stereocenters. The monoisotopic (exact) mass is 381 g/mol. The van der Waals surface area contributed by atoms with Crippen LogP contribution in [-0.2, 0) is 21.4 Å². The van der Waals surface area contributed by atoms with Crippen LogP contribution in [0.4, 0.5) is 0 Å². The van der Waals surface area contributed by atoms with Gasteiger partial charge in [-0.25, -0.2) is 0 Å². The van der Waals surface area contributed by atoms with Crippen LogP contribution >= 0.6 is 0 Å². The summed E-state index contributed by atoms with van der Waals surface area (Å²) in [6.07, 6.45) is 5.09. The molecule has 4 bridgehead atoms. The zero-order valence-corrected chi connectivity index (χ0v) is 17.0. The van der Waals surface area contributed by atoms with E-state index in [1.165, 1.54) is 11.1 Å². The highest BCUT2D eigenvalue weighted by Crippen LogP contribution is 2.84. The predicted molar refractivity (Wildman–Crippen MR) is 102 cm³/mol. The van der Waals surface area contributed by atoms with Crippen molar-refractivity contribution in [1.29, 1.82) is 0 Å². The van der Waals surface area contributed by atoms with Gasteiger partial charge < -0.3 is 14.2 Å². The van der Waals surface area contributed by atoms with Crippen molar-refractivity contribution >= 4 is 5.78 Å². The number of nitrogens with zero attached hydrogens (tertiary/aromatic N) is 1. The summed E-state index contributed by atoms with van der Waals surface area (Å²) in [7, 11) is 5.80. The molecule has 0 aromatic heterocycles. The Hall–Kier alpha value is -1.59. The molecule has 5 aliphatic carbocycles. The molecule has 28 heavy (non-hydrogen) atoms. The molecule has 5 heteroatoms. The van der Waals surface area contributed by atoms with E-state index >= 15 is 0 Å². The van der Waals surface area contributed by atoms with Crippen LogP contribution in [0.25, 0.3) is 0 Å². The minimum Gasteiger partial charge on any atom is -0.493 e. The molecule has 2 heterocycles. The van der Waals surface area contributed by atoms with Crippen LogP contribution in [0.3, 0.4) is 0 Å². The lowest BCUT2D eigenvalue weighted by atomic mass is 9.40. The lowest BCUT2D eigenvalue weighted by molar-refractivity contribution is -0.241. The van der Waals surface area contributed by atoms with E-state index in [1.807, 2.05) is 0 Å². The molecular weight excluding hydrogens is 354 g/mol. The topological polar surface area (TPSA) is 47.8 Å². The molecule has 5 fully saturated rings. The van der Waals surface area contributed by atoms with Crippen LogP contribution in [0.5, 0.6) is 11.5 Å². The molecule has 0 radical (unpaired) electrons. The van der Waals surface area contributed by atoms with E-state index in [2.05, 4.69) is 24.1 Å². The van der Waals surface area contributed by atoms with E-state index in [0.29, 0.717) is 6.04 Å². The fraction of sp³-hybridized carbons (Fsp3) is 0.696. The van der Waals surface area contributed by atoms with Gasteiger partial charge in [-0.2, -0.15) is 0 Å². The highest BCUT2D eigenvalue weighted by Gasteiger charge is 2.91. The van der Waals surface area contributed by atoms with Crippen molar-refractivity contribution in [1.82, 2.24) is 4.90 Å². The van der Waals surface area contributed by atoms with Crippen molar-refractivity contribution in [3.05, 3.63) is 23.3 Å². The zero-order chi connectivity index (χ0) is 19.3. The van der Waals surface area contributed by atoms with Crippen molar-refractivity contribution in [2.45, 2.75) is 67.7 Å². The van der Waals surface area contributed by atoms with Gasteiger partial charge in [0.1, 0.15) is 17.5 Å². The minimum absolute atomic E-state index is 0.0398. The number of ketones is 1. The average Bonchev–Trinajstić information content (AvgIpc) is 3.00. The summed E-state index contributed by atoms with van der Waals surface area (Å²) in [6, 6.07) is 4.88. The number of methoxy groups -OCH3 is 2. The molecule has 7 aliphatic rings. The Bertz CT molecular complexity index is 976. The lowest BCUT2D eigenvalue weighted by Gasteiger charge is -2.66. The molecule has 2 aliphatic heterocycles. The third kappa shape index (κ3) is 1.23. The smallest absolute Gasteiger partial charge is 0.165 e. The van der Waals surface area contributed by atoms with Crippen molar-refractivity contribution < 1.29 is 19.0 Å². The molecule has 4 saturated carbocycles. The molecule has 5 nitrogen and oxygen atoms in total. The Morgan fingerprint density at radius 2 is 2.11 bits per heavy atom. The summed E-state index contributed by atoms with van der Waals surface area (Å²) in [6.45, 7) is 1.75. The summed E-state index contributed by atoms with van der Waals surface area (Å²) >= 11 is 0. The number of ether oxygens (including phenoxy) is 3. The number of hydrogen-bond acceptors (Lipinski definition) is 5. The standard InChI is InChI=1S/C23H27NO4/c1-12(25)14-10-20-7-8-23(14,27-4)19-22(20)11-21(18(20)24(21)2)9-13-5-6-15(26-3)17(28-19)16(13)22/h5-6,14,18-19H,7-11H2,1-4H3/t14?,18?,19?,20-,21?,22?,23?,24?/m0/s1. The molecule has 0 amide bonds. The molecule has 1 saturated heterocycles. The van der Waals surface area contributed by atoms with E-state index in [-0.39, 0.29) is 34.2 Å². The van der Waals surface area contributed by atoms with Gasteiger partial charge in [-0.3, -0.25) is 9.69 Å². The first-order valence-corrected chi connectivity index (χ1v) is 10.6. The molecule has 148 valence electrons. The summed E-state index contributed by atoms with van der Waals surface area (Å²) in [5.74, 6) is 1.92. The minimum atomic E-state index is -0.525. The van der Waals surface area contributed by atoms with Crippen LogP contribution in [0, 0.1) is 11.3 Å². The molecule has 8 atom stereocenters. The maximum atomic E-state index is 12.8. The van der Waals surface area contributed by atoms with Gasteiger partial charge in [0.05, 0.1) is 13.0 Å². The number of hydrogen-bond donors (Lipinski definition) is 0. The summed E-state index contributed by atoms with van der Waals surface area (Å²) in [5.41, 5.74) is 2.59. The van der Waals surface area contributed by atoms with E-state index in [0.717, 1.165) is 43.6 Å². The maximum absolute atomic E-state index is 12.8. The van der Waals surface area contributed by atoms with Gasteiger partial charge in [-0.15, -0.1) is 0 Å². The highest BCUT2D eigenvalue weighted by atomic mass is 16.6. The lowest BCUT2D eigenvalue weighted by Crippen LogP contribution is -2.75. The largest absolute Gasteiger partial charge is 0.493 e. The van der Waals surface area contributed by atoms with Gasteiger partial charge in [-0.1, -0.05) is 6.07 Å². The summed E-state index contributed by atoms with van der Waals surface area (Å²) in [5, 5.41) is 0. The Labute approximate surface area is 165 Å². The van der Waals surface area contributed by atoms with Crippen LogP contribution in [0.1, 0.15) is 43.7 Å².